The highest BCUT2D eigenvalue weighted by atomic mass is 16.6. The summed E-state index contributed by atoms with van der Waals surface area (Å²) < 4.78 is 5.43. The second-order valence-corrected chi connectivity index (χ2v) is 5.79. The number of benzene rings is 2. The van der Waals surface area contributed by atoms with Gasteiger partial charge < -0.3 is 4.74 Å². The maximum atomic E-state index is 12.4. The lowest BCUT2D eigenvalue weighted by molar-refractivity contribution is -0.394. The number of non-ortho nitro benzene ring substituents is 2. The Morgan fingerprint density at radius 1 is 1.04 bits per heavy atom. The van der Waals surface area contributed by atoms with E-state index in [0.29, 0.717) is 6.42 Å². The van der Waals surface area contributed by atoms with E-state index in [4.69, 9.17) is 4.74 Å². The molecule has 2 aromatic rings. The van der Waals surface area contributed by atoms with Gasteiger partial charge in [-0.2, -0.15) is 0 Å². The predicted molar refractivity (Wildman–Crippen MR) is 94.1 cm³/mol. The third kappa shape index (κ3) is 4.41. The Morgan fingerprint density at radius 2 is 1.58 bits per heavy atom. The molecule has 0 aliphatic rings. The maximum Gasteiger partial charge on any atom is 0.338 e. The summed E-state index contributed by atoms with van der Waals surface area (Å²) >= 11 is 0. The Balaban J connectivity index is 2.25. The lowest BCUT2D eigenvalue weighted by Gasteiger charge is -2.23. The first-order valence-corrected chi connectivity index (χ1v) is 8.03. The molecule has 8 heteroatoms. The van der Waals surface area contributed by atoms with Gasteiger partial charge in [0.2, 0.25) is 0 Å². The molecule has 0 fully saturated rings. The smallest absolute Gasteiger partial charge is 0.338 e. The molecule has 0 aliphatic heterocycles. The third-order valence-electron chi connectivity index (χ3n) is 4.09. The largest absolute Gasteiger partial charge is 0.458 e. The molecule has 0 N–H and O–H groups in total. The minimum atomic E-state index is -0.835. The van der Waals surface area contributed by atoms with Gasteiger partial charge in [0, 0.05) is 18.1 Å². The molecule has 26 heavy (non-hydrogen) atoms. The van der Waals surface area contributed by atoms with Crippen LogP contribution in [0.3, 0.4) is 0 Å². The molecule has 0 radical (unpaired) electrons. The lowest BCUT2D eigenvalue weighted by atomic mass is 9.92. The van der Waals surface area contributed by atoms with Crippen LogP contribution in [0.5, 0.6) is 0 Å². The van der Waals surface area contributed by atoms with Crippen molar-refractivity contribution in [3.05, 3.63) is 79.9 Å². The summed E-state index contributed by atoms with van der Waals surface area (Å²) in [5.41, 5.74) is -0.288. The van der Waals surface area contributed by atoms with Crippen molar-refractivity contribution in [1.29, 1.82) is 0 Å². The third-order valence-corrected chi connectivity index (χ3v) is 4.09. The number of hydrogen-bond acceptors (Lipinski definition) is 6. The van der Waals surface area contributed by atoms with Crippen LogP contribution in [0.4, 0.5) is 11.4 Å². The molecule has 2 aromatic carbocycles. The molecule has 2 atom stereocenters. The van der Waals surface area contributed by atoms with Crippen LogP contribution in [0.25, 0.3) is 0 Å². The Hall–Kier alpha value is -3.29. The summed E-state index contributed by atoms with van der Waals surface area (Å²) in [5, 5.41) is 21.9. The molecule has 0 heterocycles. The minimum Gasteiger partial charge on any atom is -0.458 e. The van der Waals surface area contributed by atoms with E-state index in [1.807, 2.05) is 37.3 Å². The molecule has 0 spiro atoms. The topological polar surface area (TPSA) is 113 Å². The van der Waals surface area contributed by atoms with Gasteiger partial charge in [-0.25, -0.2) is 4.79 Å². The van der Waals surface area contributed by atoms with Crippen molar-refractivity contribution >= 4 is 17.3 Å². The summed E-state index contributed by atoms with van der Waals surface area (Å²) in [7, 11) is 0. The first-order chi connectivity index (χ1) is 12.3. The van der Waals surface area contributed by atoms with E-state index in [1.165, 1.54) is 0 Å². The van der Waals surface area contributed by atoms with Gasteiger partial charge in [-0.05, 0) is 18.9 Å². The number of nitro groups is 2. The molecule has 0 saturated heterocycles. The first-order valence-electron chi connectivity index (χ1n) is 8.03. The number of hydrogen-bond donors (Lipinski definition) is 0. The molecule has 136 valence electrons. The second kappa shape index (κ2) is 8.19. The van der Waals surface area contributed by atoms with Gasteiger partial charge in [0.05, 0.1) is 21.5 Å². The zero-order valence-corrected chi connectivity index (χ0v) is 14.3. The van der Waals surface area contributed by atoms with E-state index in [-0.39, 0.29) is 11.5 Å². The second-order valence-electron chi connectivity index (χ2n) is 5.79. The number of nitrogens with zero attached hydrogens (tertiary/aromatic N) is 2. The highest BCUT2D eigenvalue weighted by Gasteiger charge is 2.25. The zero-order valence-electron chi connectivity index (χ0n) is 14.3. The SMILES string of the molecule is CC[C@@H](c1ccccc1)[C@H](C)OC(=O)c1cc([N+](=O)[O-])cc([N+](=O)[O-])c1. The summed E-state index contributed by atoms with van der Waals surface area (Å²) in [6, 6.07) is 12.3. The molecular formula is C18H18N2O6. The number of carbonyl (C=O) groups excluding carboxylic acids is 1. The van der Waals surface area contributed by atoms with Crippen molar-refractivity contribution in [2.24, 2.45) is 0 Å². The molecule has 8 nitrogen and oxygen atoms in total. The fourth-order valence-electron chi connectivity index (χ4n) is 2.78. The van der Waals surface area contributed by atoms with Gasteiger partial charge in [-0.15, -0.1) is 0 Å². The molecule has 0 aromatic heterocycles. The molecule has 0 aliphatic carbocycles. The Labute approximate surface area is 149 Å². The number of ether oxygens (including phenoxy) is 1. The van der Waals surface area contributed by atoms with Crippen molar-refractivity contribution in [1.82, 2.24) is 0 Å². The standard InChI is InChI=1S/C18H18N2O6/c1-3-17(13-7-5-4-6-8-13)12(2)26-18(21)14-9-15(19(22)23)11-16(10-14)20(24)25/h4-12,17H,3H2,1-2H3/t12-,17+/m0/s1. The fraction of sp³-hybridized carbons (Fsp3) is 0.278. The van der Waals surface area contributed by atoms with E-state index in [2.05, 4.69) is 0 Å². The summed E-state index contributed by atoms with van der Waals surface area (Å²) in [6.07, 6.45) is 0.210. The molecule has 0 amide bonds. The van der Waals surface area contributed by atoms with Gasteiger partial charge in [-0.1, -0.05) is 37.3 Å². The fourth-order valence-corrected chi connectivity index (χ4v) is 2.78. The van der Waals surface area contributed by atoms with Gasteiger partial charge in [-0.3, -0.25) is 20.2 Å². The predicted octanol–water partition coefficient (Wildman–Crippen LogP) is 4.24. The van der Waals surface area contributed by atoms with Crippen LogP contribution in [0, 0.1) is 20.2 Å². The van der Waals surface area contributed by atoms with E-state index in [0.717, 1.165) is 23.8 Å². The monoisotopic (exact) mass is 358 g/mol. The summed E-state index contributed by atoms with van der Waals surface area (Å²) in [5.74, 6) is -0.896. The van der Waals surface area contributed by atoms with Gasteiger partial charge >= 0.3 is 5.97 Å². The average molecular weight is 358 g/mol. The highest BCUT2D eigenvalue weighted by Crippen LogP contribution is 2.27. The van der Waals surface area contributed by atoms with Crippen LogP contribution in [0.1, 0.15) is 42.1 Å². The first kappa shape index (κ1) is 19.0. The van der Waals surface area contributed by atoms with Crippen LogP contribution in [-0.4, -0.2) is 21.9 Å². The number of rotatable bonds is 7. The van der Waals surface area contributed by atoms with Gasteiger partial charge in [0.25, 0.3) is 11.4 Å². The van der Waals surface area contributed by atoms with Gasteiger partial charge in [0.1, 0.15) is 6.10 Å². The number of esters is 1. The van der Waals surface area contributed by atoms with Crippen LogP contribution >= 0.6 is 0 Å². The van der Waals surface area contributed by atoms with Crippen molar-refractivity contribution < 1.29 is 19.4 Å². The molecule has 0 unspecified atom stereocenters. The Bertz CT molecular complexity index is 789. The zero-order chi connectivity index (χ0) is 19.3. The van der Waals surface area contributed by atoms with E-state index in [1.54, 1.807) is 6.92 Å². The summed E-state index contributed by atoms with van der Waals surface area (Å²) in [6.45, 7) is 3.69. The van der Waals surface area contributed by atoms with Crippen LogP contribution in [0.15, 0.2) is 48.5 Å². The van der Waals surface area contributed by atoms with Crippen molar-refractivity contribution in [3.8, 4) is 0 Å². The minimum absolute atomic E-state index is 0.0613. The molecule has 0 saturated carbocycles. The highest BCUT2D eigenvalue weighted by molar-refractivity contribution is 5.91. The summed E-state index contributed by atoms with van der Waals surface area (Å²) in [4.78, 5) is 32.7. The van der Waals surface area contributed by atoms with E-state index >= 15 is 0 Å². The van der Waals surface area contributed by atoms with E-state index < -0.39 is 33.3 Å². The Kier molecular flexibility index (Phi) is 6.00. The van der Waals surface area contributed by atoms with Crippen molar-refractivity contribution in [2.75, 3.05) is 0 Å². The number of nitro benzene ring substituents is 2. The quantitative estimate of drug-likeness (QED) is 0.415. The van der Waals surface area contributed by atoms with Crippen LogP contribution < -0.4 is 0 Å². The van der Waals surface area contributed by atoms with Crippen LogP contribution in [-0.2, 0) is 4.74 Å². The average Bonchev–Trinajstić information content (AvgIpc) is 2.62. The maximum absolute atomic E-state index is 12.4. The van der Waals surface area contributed by atoms with Crippen molar-refractivity contribution in [3.63, 3.8) is 0 Å². The van der Waals surface area contributed by atoms with E-state index in [9.17, 15) is 25.0 Å². The molecule has 2 rings (SSSR count). The Morgan fingerprint density at radius 3 is 2.04 bits per heavy atom. The number of carbonyl (C=O) groups is 1. The van der Waals surface area contributed by atoms with Crippen LogP contribution in [0.2, 0.25) is 0 Å². The lowest BCUT2D eigenvalue weighted by Crippen LogP contribution is -2.22. The molecule has 0 bridgehead atoms. The molecular weight excluding hydrogens is 340 g/mol. The van der Waals surface area contributed by atoms with Crippen molar-refractivity contribution in [2.45, 2.75) is 32.3 Å². The van der Waals surface area contributed by atoms with Gasteiger partial charge in [0.15, 0.2) is 0 Å². The normalized spacial score (nSPS) is 12.8.